The average molecular weight is 286 g/mol. The van der Waals surface area contributed by atoms with Crippen LogP contribution in [-0.2, 0) is 11.4 Å². The number of halogens is 1. The number of carbonyl (C=O) groups is 1. The highest BCUT2D eigenvalue weighted by atomic mass is 79.9. The molecule has 0 atom stereocenters. The number of carboxylic acids is 1. The number of nitrogens with zero attached hydrogens (tertiary/aromatic N) is 1. The van der Waals surface area contributed by atoms with Crippen LogP contribution in [0, 0.1) is 0 Å². The second kappa shape index (κ2) is 5.65. The predicted molar refractivity (Wildman–Crippen MR) is 64.7 cm³/mol. The molecule has 0 aliphatic carbocycles. The highest BCUT2D eigenvalue weighted by molar-refractivity contribution is 9.10. The second-order valence-corrected chi connectivity index (χ2v) is 4.24. The van der Waals surface area contributed by atoms with Crippen LogP contribution in [-0.4, -0.2) is 16.8 Å². The number of carboxylic acid groups (broad SMARTS) is 1. The quantitative estimate of drug-likeness (QED) is 0.683. The second-order valence-electron chi connectivity index (χ2n) is 3.38. The Kier molecular flexibility index (Phi) is 4.49. The SMILES string of the molecule is CC(C)=NOCc1c(Br)cccc1C(=O)O. The molecule has 0 bridgehead atoms. The summed E-state index contributed by atoms with van der Waals surface area (Å²) in [5.41, 5.74) is 1.59. The van der Waals surface area contributed by atoms with Gasteiger partial charge in [-0.1, -0.05) is 27.2 Å². The van der Waals surface area contributed by atoms with Crippen molar-refractivity contribution in [2.75, 3.05) is 0 Å². The predicted octanol–water partition coefficient (Wildman–Crippen LogP) is 3.06. The van der Waals surface area contributed by atoms with Crippen molar-refractivity contribution in [3.63, 3.8) is 0 Å². The monoisotopic (exact) mass is 285 g/mol. The molecule has 0 radical (unpaired) electrons. The highest BCUT2D eigenvalue weighted by Crippen LogP contribution is 2.21. The summed E-state index contributed by atoms with van der Waals surface area (Å²) in [6.07, 6.45) is 0. The maximum atomic E-state index is 11.0. The van der Waals surface area contributed by atoms with Gasteiger partial charge in [0.2, 0.25) is 0 Å². The van der Waals surface area contributed by atoms with E-state index < -0.39 is 5.97 Å². The molecule has 4 nitrogen and oxygen atoms in total. The molecule has 1 N–H and O–H groups in total. The van der Waals surface area contributed by atoms with Crippen molar-refractivity contribution in [3.8, 4) is 0 Å². The molecule has 0 amide bonds. The zero-order valence-electron chi connectivity index (χ0n) is 9.03. The topological polar surface area (TPSA) is 58.9 Å². The normalized spacial score (nSPS) is 9.69. The first-order valence-corrected chi connectivity index (χ1v) is 5.45. The highest BCUT2D eigenvalue weighted by Gasteiger charge is 2.12. The Bertz CT molecular complexity index is 425. The van der Waals surface area contributed by atoms with Gasteiger partial charge in [-0.05, 0) is 26.0 Å². The van der Waals surface area contributed by atoms with E-state index in [9.17, 15) is 4.79 Å². The lowest BCUT2D eigenvalue weighted by atomic mass is 10.1. The zero-order valence-corrected chi connectivity index (χ0v) is 10.6. The standard InChI is InChI=1S/C11H12BrNO3/c1-7(2)13-16-6-9-8(11(14)15)4-3-5-10(9)12/h3-5H,6H2,1-2H3,(H,14,15). The van der Waals surface area contributed by atoms with E-state index in [0.717, 1.165) is 5.71 Å². The van der Waals surface area contributed by atoms with E-state index >= 15 is 0 Å². The van der Waals surface area contributed by atoms with Crippen LogP contribution in [0.4, 0.5) is 0 Å². The number of aromatic carboxylic acids is 1. The maximum absolute atomic E-state index is 11.0. The summed E-state index contributed by atoms with van der Waals surface area (Å²) in [6, 6.07) is 4.98. The smallest absolute Gasteiger partial charge is 0.336 e. The van der Waals surface area contributed by atoms with E-state index in [0.29, 0.717) is 10.0 Å². The molecule has 1 aromatic carbocycles. The number of oxime groups is 1. The number of hydrogen-bond acceptors (Lipinski definition) is 3. The Hall–Kier alpha value is -1.36. The lowest BCUT2D eigenvalue weighted by Crippen LogP contribution is -2.04. The van der Waals surface area contributed by atoms with Crippen molar-refractivity contribution >= 4 is 27.6 Å². The van der Waals surface area contributed by atoms with E-state index in [1.165, 1.54) is 6.07 Å². The largest absolute Gasteiger partial charge is 0.478 e. The summed E-state index contributed by atoms with van der Waals surface area (Å²) in [5.74, 6) is -0.975. The molecule has 0 heterocycles. The molecule has 0 saturated carbocycles. The fraction of sp³-hybridized carbons (Fsp3) is 0.273. The molecular formula is C11H12BrNO3. The van der Waals surface area contributed by atoms with Gasteiger partial charge >= 0.3 is 5.97 Å². The van der Waals surface area contributed by atoms with Crippen LogP contribution in [0.25, 0.3) is 0 Å². The van der Waals surface area contributed by atoms with Gasteiger partial charge in [0.1, 0.15) is 6.61 Å². The van der Waals surface area contributed by atoms with Crippen molar-refractivity contribution in [1.29, 1.82) is 0 Å². The van der Waals surface area contributed by atoms with Crippen LogP contribution >= 0.6 is 15.9 Å². The first-order chi connectivity index (χ1) is 7.52. The van der Waals surface area contributed by atoms with Crippen molar-refractivity contribution in [2.24, 2.45) is 5.16 Å². The summed E-state index contributed by atoms with van der Waals surface area (Å²) in [5, 5.41) is 12.8. The summed E-state index contributed by atoms with van der Waals surface area (Å²) in [6.45, 7) is 3.74. The van der Waals surface area contributed by atoms with Crippen molar-refractivity contribution < 1.29 is 14.7 Å². The minimum absolute atomic E-state index is 0.133. The van der Waals surface area contributed by atoms with Gasteiger partial charge < -0.3 is 9.94 Å². The molecule has 5 heteroatoms. The fourth-order valence-corrected chi connectivity index (χ4v) is 1.61. The molecule has 0 aromatic heterocycles. The minimum Gasteiger partial charge on any atom is -0.478 e. The molecule has 0 aliphatic heterocycles. The van der Waals surface area contributed by atoms with Crippen LogP contribution in [0.5, 0.6) is 0 Å². The molecule has 0 fully saturated rings. The van der Waals surface area contributed by atoms with Crippen molar-refractivity contribution in [1.82, 2.24) is 0 Å². The van der Waals surface area contributed by atoms with Gasteiger partial charge in [-0.25, -0.2) is 4.79 Å². The molecule has 86 valence electrons. The third-order valence-corrected chi connectivity index (χ3v) is 2.55. The molecular weight excluding hydrogens is 274 g/mol. The average Bonchev–Trinajstić information content (AvgIpc) is 2.19. The Morgan fingerprint density at radius 3 is 2.75 bits per heavy atom. The summed E-state index contributed by atoms with van der Waals surface area (Å²) in [4.78, 5) is 16.0. The summed E-state index contributed by atoms with van der Waals surface area (Å²) in [7, 11) is 0. The summed E-state index contributed by atoms with van der Waals surface area (Å²) >= 11 is 3.29. The molecule has 0 spiro atoms. The molecule has 0 saturated heterocycles. The van der Waals surface area contributed by atoms with E-state index in [1.807, 2.05) is 0 Å². The first-order valence-electron chi connectivity index (χ1n) is 4.66. The van der Waals surface area contributed by atoms with Crippen LogP contribution in [0.2, 0.25) is 0 Å². The van der Waals surface area contributed by atoms with E-state index in [4.69, 9.17) is 9.94 Å². The van der Waals surface area contributed by atoms with Crippen LogP contribution in [0.1, 0.15) is 29.8 Å². The first kappa shape index (κ1) is 12.7. The lowest BCUT2D eigenvalue weighted by molar-refractivity contribution is 0.0688. The van der Waals surface area contributed by atoms with Gasteiger partial charge in [0.05, 0.1) is 11.3 Å². The Balaban J connectivity index is 2.93. The van der Waals surface area contributed by atoms with Crippen LogP contribution in [0.15, 0.2) is 27.8 Å². The summed E-state index contributed by atoms with van der Waals surface area (Å²) < 4.78 is 0.705. The molecule has 1 aromatic rings. The lowest BCUT2D eigenvalue weighted by Gasteiger charge is -2.07. The molecule has 16 heavy (non-hydrogen) atoms. The van der Waals surface area contributed by atoms with Gasteiger partial charge in [-0.2, -0.15) is 0 Å². The van der Waals surface area contributed by atoms with Crippen LogP contribution in [0.3, 0.4) is 0 Å². The third-order valence-electron chi connectivity index (χ3n) is 1.81. The van der Waals surface area contributed by atoms with Gasteiger partial charge in [-0.3, -0.25) is 0 Å². The fourth-order valence-electron chi connectivity index (χ4n) is 1.13. The maximum Gasteiger partial charge on any atom is 0.336 e. The third kappa shape index (κ3) is 3.34. The molecule has 1 rings (SSSR count). The van der Waals surface area contributed by atoms with Crippen LogP contribution < -0.4 is 0 Å². The van der Waals surface area contributed by atoms with E-state index in [2.05, 4.69) is 21.1 Å². The van der Waals surface area contributed by atoms with E-state index in [1.54, 1.807) is 26.0 Å². The number of rotatable bonds is 4. The van der Waals surface area contributed by atoms with Crippen molar-refractivity contribution in [2.45, 2.75) is 20.5 Å². The molecule has 0 aliphatic rings. The van der Waals surface area contributed by atoms with Gasteiger partial charge in [0, 0.05) is 10.0 Å². The van der Waals surface area contributed by atoms with Gasteiger partial charge in [-0.15, -0.1) is 0 Å². The Morgan fingerprint density at radius 2 is 2.19 bits per heavy atom. The Morgan fingerprint density at radius 1 is 1.50 bits per heavy atom. The Labute approximate surface area is 102 Å². The van der Waals surface area contributed by atoms with Crippen molar-refractivity contribution in [3.05, 3.63) is 33.8 Å². The van der Waals surface area contributed by atoms with E-state index in [-0.39, 0.29) is 12.2 Å². The number of hydrogen-bond donors (Lipinski definition) is 1. The molecule has 0 unspecified atom stereocenters. The van der Waals surface area contributed by atoms with Gasteiger partial charge in [0.15, 0.2) is 0 Å². The zero-order chi connectivity index (χ0) is 12.1. The minimum atomic E-state index is -0.975. The number of benzene rings is 1. The van der Waals surface area contributed by atoms with Gasteiger partial charge in [0.25, 0.3) is 0 Å².